The highest BCUT2D eigenvalue weighted by Gasteiger charge is 2.24. The number of unbranched alkanes of at least 4 members (excludes halogenated alkanes) is 1. The van der Waals surface area contributed by atoms with Crippen LogP contribution < -0.4 is 31.9 Å². The fourth-order valence-corrected chi connectivity index (χ4v) is 3.99. The molecule has 0 spiro atoms. The van der Waals surface area contributed by atoms with Gasteiger partial charge in [-0.25, -0.2) is 10.3 Å². The minimum atomic E-state index is -1.12. The molecule has 0 aliphatic carbocycles. The third-order valence-electron chi connectivity index (χ3n) is 5.93. The zero-order valence-corrected chi connectivity index (χ0v) is 21.1. The number of amidine groups is 1. The number of hydrazone groups is 1. The molecule has 2 aromatic carbocycles. The van der Waals surface area contributed by atoms with Crippen LogP contribution in [0.1, 0.15) is 39.9 Å². The molecule has 2 heterocycles. The summed E-state index contributed by atoms with van der Waals surface area (Å²) in [5.74, 6) is -1.22. The number of carboxylic acids is 1. The van der Waals surface area contributed by atoms with Gasteiger partial charge in [-0.15, -0.1) is 10.6 Å². The molecule has 0 unspecified atom stereocenters. The van der Waals surface area contributed by atoms with Crippen molar-refractivity contribution >= 4 is 23.6 Å². The molecule has 12 nitrogen and oxygen atoms in total. The van der Waals surface area contributed by atoms with E-state index in [-0.39, 0.29) is 12.3 Å². The SMILES string of the molecule is O=C(O)COc1ccc(C[C@H](NC(=O)c2ccoc2)C(=O)NCCCCc2ccccc2)cc1C1=NNNN1. The summed E-state index contributed by atoms with van der Waals surface area (Å²) >= 11 is 0. The summed E-state index contributed by atoms with van der Waals surface area (Å²) in [5, 5.41) is 18.8. The first-order chi connectivity index (χ1) is 19.0. The van der Waals surface area contributed by atoms with Gasteiger partial charge in [-0.3, -0.25) is 15.0 Å². The second-order valence-electron chi connectivity index (χ2n) is 8.81. The van der Waals surface area contributed by atoms with Gasteiger partial charge in [0, 0.05) is 13.0 Å². The number of aryl methyl sites for hydroxylation is 1. The predicted octanol–water partition coefficient (Wildman–Crippen LogP) is 1.50. The maximum absolute atomic E-state index is 13.2. The Balaban J connectivity index is 1.44. The molecule has 0 bridgehead atoms. The van der Waals surface area contributed by atoms with Crippen molar-refractivity contribution in [2.45, 2.75) is 31.7 Å². The van der Waals surface area contributed by atoms with Crippen LogP contribution in [0.3, 0.4) is 0 Å². The lowest BCUT2D eigenvalue weighted by Crippen LogP contribution is -2.48. The summed E-state index contributed by atoms with van der Waals surface area (Å²) in [7, 11) is 0. The van der Waals surface area contributed by atoms with E-state index < -0.39 is 24.5 Å². The highest BCUT2D eigenvalue weighted by molar-refractivity contribution is 6.01. The number of aliphatic carboxylic acids is 1. The third kappa shape index (κ3) is 8.07. The van der Waals surface area contributed by atoms with Gasteiger partial charge >= 0.3 is 5.97 Å². The number of ether oxygens (including phenoxy) is 1. The monoisotopic (exact) mass is 534 g/mol. The number of rotatable bonds is 14. The van der Waals surface area contributed by atoms with Gasteiger partial charge in [-0.2, -0.15) is 0 Å². The minimum Gasteiger partial charge on any atom is -0.481 e. The van der Waals surface area contributed by atoms with Crippen LogP contribution in [0, 0.1) is 0 Å². The molecule has 0 saturated carbocycles. The number of amides is 2. The van der Waals surface area contributed by atoms with Crippen LogP contribution in [-0.2, 0) is 22.4 Å². The third-order valence-corrected chi connectivity index (χ3v) is 5.93. The molecule has 39 heavy (non-hydrogen) atoms. The Morgan fingerprint density at radius 2 is 1.90 bits per heavy atom. The molecule has 0 fully saturated rings. The van der Waals surface area contributed by atoms with Gasteiger partial charge in [0.05, 0.1) is 17.4 Å². The fourth-order valence-electron chi connectivity index (χ4n) is 3.99. The highest BCUT2D eigenvalue weighted by Crippen LogP contribution is 2.22. The molecular formula is C27H30N6O6. The second kappa shape index (κ2) is 13.6. The predicted molar refractivity (Wildman–Crippen MR) is 142 cm³/mol. The highest BCUT2D eigenvalue weighted by atomic mass is 16.5. The number of nitrogens with zero attached hydrogens (tertiary/aromatic N) is 1. The molecule has 0 radical (unpaired) electrons. The van der Waals surface area contributed by atoms with E-state index in [2.05, 4.69) is 44.4 Å². The first kappa shape index (κ1) is 27.2. The topological polar surface area (TPSA) is 166 Å². The number of hydrogen-bond acceptors (Lipinski definition) is 9. The van der Waals surface area contributed by atoms with Crippen LogP contribution in [-0.4, -0.2) is 47.9 Å². The number of hydrazine groups is 2. The Hall–Kier alpha value is -4.84. The van der Waals surface area contributed by atoms with E-state index in [0.29, 0.717) is 34.8 Å². The minimum absolute atomic E-state index is 0.166. The Kier molecular flexibility index (Phi) is 9.51. The Morgan fingerprint density at radius 3 is 2.62 bits per heavy atom. The van der Waals surface area contributed by atoms with E-state index in [0.717, 1.165) is 19.3 Å². The van der Waals surface area contributed by atoms with E-state index in [1.165, 1.54) is 24.2 Å². The first-order valence-electron chi connectivity index (χ1n) is 12.5. The maximum Gasteiger partial charge on any atom is 0.341 e. The van der Waals surface area contributed by atoms with E-state index in [9.17, 15) is 14.4 Å². The molecule has 6 N–H and O–H groups in total. The van der Waals surface area contributed by atoms with Crippen LogP contribution in [0.4, 0.5) is 0 Å². The second-order valence-corrected chi connectivity index (χ2v) is 8.81. The van der Waals surface area contributed by atoms with E-state index in [1.807, 2.05) is 18.2 Å². The van der Waals surface area contributed by atoms with Crippen molar-refractivity contribution in [3.63, 3.8) is 0 Å². The van der Waals surface area contributed by atoms with Crippen molar-refractivity contribution in [2.24, 2.45) is 5.10 Å². The number of benzene rings is 2. The number of furan rings is 1. The molecule has 1 aliphatic heterocycles. The molecule has 4 rings (SSSR count). The number of carbonyl (C=O) groups is 3. The van der Waals surface area contributed by atoms with Gasteiger partial charge in [0.2, 0.25) is 5.91 Å². The zero-order chi connectivity index (χ0) is 27.5. The maximum atomic E-state index is 13.2. The number of carboxylic acid groups (broad SMARTS) is 1. The van der Waals surface area contributed by atoms with E-state index in [4.69, 9.17) is 14.3 Å². The van der Waals surface area contributed by atoms with Crippen LogP contribution >= 0.6 is 0 Å². The molecule has 3 aromatic rings. The molecule has 0 saturated heterocycles. The molecule has 1 aromatic heterocycles. The van der Waals surface area contributed by atoms with E-state index >= 15 is 0 Å². The standard InChI is InChI=1S/C27H30N6O6/c34-24(35)17-39-23-10-9-19(14-21(23)25-30-32-33-31-25)15-22(29-26(36)20-11-13-38-16-20)27(37)28-12-5-4-8-18-6-2-1-3-7-18/h1-3,6-7,9-11,13-14,16,22,32-33H,4-5,8,12,15,17H2,(H,28,37)(H,29,36)(H,30,31)(H,34,35)/t22-/m0/s1. The van der Waals surface area contributed by atoms with Crippen molar-refractivity contribution in [2.75, 3.05) is 13.2 Å². The van der Waals surface area contributed by atoms with Crippen molar-refractivity contribution in [1.29, 1.82) is 0 Å². The smallest absolute Gasteiger partial charge is 0.341 e. The average molecular weight is 535 g/mol. The van der Waals surface area contributed by atoms with Gasteiger partial charge < -0.3 is 24.9 Å². The molecule has 204 valence electrons. The van der Waals surface area contributed by atoms with Crippen molar-refractivity contribution in [3.05, 3.63) is 89.4 Å². The van der Waals surface area contributed by atoms with E-state index in [1.54, 1.807) is 18.2 Å². The summed E-state index contributed by atoms with van der Waals surface area (Å²) in [6.45, 7) is -0.0639. The van der Waals surface area contributed by atoms with Crippen LogP contribution in [0.25, 0.3) is 0 Å². The normalized spacial score (nSPS) is 13.0. The van der Waals surface area contributed by atoms with Gasteiger partial charge in [0.15, 0.2) is 12.4 Å². The zero-order valence-electron chi connectivity index (χ0n) is 21.1. The lowest BCUT2D eigenvalue weighted by Gasteiger charge is -2.19. The lowest BCUT2D eigenvalue weighted by molar-refractivity contribution is -0.139. The number of nitrogens with one attached hydrogen (secondary N) is 5. The average Bonchev–Trinajstić information content (AvgIpc) is 3.67. The number of hydrogen-bond donors (Lipinski definition) is 6. The molecule has 1 aliphatic rings. The van der Waals surface area contributed by atoms with Crippen molar-refractivity contribution in [3.8, 4) is 5.75 Å². The Labute approximate surface area is 224 Å². The van der Waals surface area contributed by atoms with Gasteiger partial charge in [0.25, 0.3) is 5.91 Å². The fraction of sp³-hybridized carbons (Fsp3) is 0.259. The van der Waals surface area contributed by atoms with Crippen LogP contribution in [0.15, 0.2) is 76.6 Å². The molecule has 12 heteroatoms. The summed E-state index contributed by atoms with van der Waals surface area (Å²) in [6.07, 6.45) is 5.47. The number of carbonyl (C=O) groups excluding carboxylic acids is 2. The van der Waals surface area contributed by atoms with Crippen LogP contribution in [0.2, 0.25) is 0 Å². The summed E-state index contributed by atoms with van der Waals surface area (Å²) < 4.78 is 10.4. The van der Waals surface area contributed by atoms with Gasteiger partial charge in [-0.1, -0.05) is 36.4 Å². The first-order valence-corrected chi connectivity index (χ1v) is 12.5. The Bertz CT molecular complexity index is 1300. The van der Waals surface area contributed by atoms with Gasteiger partial charge in [-0.05, 0) is 48.6 Å². The molecular weight excluding hydrogens is 504 g/mol. The quantitative estimate of drug-likeness (QED) is 0.168. The van der Waals surface area contributed by atoms with Crippen molar-refractivity contribution in [1.82, 2.24) is 27.1 Å². The lowest BCUT2D eigenvalue weighted by atomic mass is 10.0. The van der Waals surface area contributed by atoms with Crippen LogP contribution in [0.5, 0.6) is 5.75 Å². The largest absolute Gasteiger partial charge is 0.481 e. The van der Waals surface area contributed by atoms with Crippen molar-refractivity contribution < 1.29 is 28.6 Å². The Morgan fingerprint density at radius 1 is 1.05 bits per heavy atom. The molecule has 2 amide bonds. The summed E-state index contributed by atoms with van der Waals surface area (Å²) in [6, 6.07) is 15.8. The van der Waals surface area contributed by atoms with Gasteiger partial charge in [0.1, 0.15) is 18.1 Å². The molecule has 1 atom stereocenters. The summed E-state index contributed by atoms with van der Waals surface area (Å²) in [4.78, 5) is 36.9. The summed E-state index contributed by atoms with van der Waals surface area (Å²) in [5.41, 5.74) is 10.7.